The average molecular weight is 237 g/mol. The van der Waals surface area contributed by atoms with E-state index in [-0.39, 0.29) is 23.3 Å². The number of halogens is 1. The van der Waals surface area contributed by atoms with Crippen molar-refractivity contribution in [2.75, 3.05) is 20.1 Å². The van der Waals surface area contributed by atoms with E-state index in [0.717, 1.165) is 25.9 Å². The number of rotatable bonds is 0. The fourth-order valence-corrected chi connectivity index (χ4v) is 3.13. The van der Waals surface area contributed by atoms with Gasteiger partial charge in [-0.3, -0.25) is 4.79 Å². The summed E-state index contributed by atoms with van der Waals surface area (Å²) in [7, 11) is 2.07. The zero-order valence-corrected chi connectivity index (χ0v) is 9.86. The summed E-state index contributed by atoms with van der Waals surface area (Å²) in [6, 6.07) is 0. The summed E-state index contributed by atoms with van der Waals surface area (Å²) in [5.41, 5.74) is -0.387. The largest absolute Gasteiger partial charge is 0.458 e. The molecule has 2 saturated heterocycles. The van der Waals surface area contributed by atoms with Gasteiger partial charge in [0.25, 0.3) is 0 Å². The summed E-state index contributed by atoms with van der Waals surface area (Å²) >= 11 is 0. The molecule has 2 heterocycles. The zero-order chi connectivity index (χ0) is 12.0. The van der Waals surface area contributed by atoms with Crippen molar-refractivity contribution < 1.29 is 13.9 Å². The van der Waals surface area contributed by atoms with Crippen molar-refractivity contribution in [3.63, 3.8) is 0 Å². The van der Waals surface area contributed by atoms with E-state index in [9.17, 15) is 9.18 Å². The number of carbonyl (C=O) groups excluding carboxylic acids is 1. The molecule has 2 unspecified atom stereocenters. The molecule has 3 nitrogen and oxygen atoms in total. The number of piperidine rings is 1. The minimum atomic E-state index is -0.414. The number of ether oxygens (including phenoxy) is 1. The van der Waals surface area contributed by atoms with Gasteiger partial charge in [-0.15, -0.1) is 0 Å². The van der Waals surface area contributed by atoms with Crippen molar-refractivity contribution in [3.05, 3.63) is 24.1 Å². The van der Waals surface area contributed by atoms with Crippen molar-refractivity contribution in [2.45, 2.75) is 18.4 Å². The molecule has 0 saturated carbocycles. The van der Waals surface area contributed by atoms with Crippen LogP contribution in [0.2, 0.25) is 0 Å². The number of fused-ring (bicyclic) bond motifs is 2. The molecule has 1 spiro atoms. The number of allylic oxidation sites excluding steroid dienone is 2. The maximum Gasteiger partial charge on any atom is 0.314 e. The average Bonchev–Trinajstić information content (AvgIpc) is 2.57. The van der Waals surface area contributed by atoms with Crippen molar-refractivity contribution in [1.82, 2.24) is 4.90 Å². The molecule has 3 rings (SSSR count). The summed E-state index contributed by atoms with van der Waals surface area (Å²) < 4.78 is 18.8. The Kier molecular flexibility index (Phi) is 2.36. The fourth-order valence-electron chi connectivity index (χ4n) is 3.13. The van der Waals surface area contributed by atoms with Gasteiger partial charge in [0.1, 0.15) is 11.4 Å². The number of carbonyl (C=O) groups is 1. The number of hydrogen-bond donors (Lipinski definition) is 0. The number of nitrogens with zero attached hydrogens (tertiary/aromatic N) is 1. The summed E-state index contributed by atoms with van der Waals surface area (Å²) in [5, 5.41) is 0. The molecule has 4 heteroatoms. The highest BCUT2D eigenvalue weighted by Gasteiger charge is 2.55. The van der Waals surface area contributed by atoms with Gasteiger partial charge in [-0.25, -0.2) is 4.39 Å². The van der Waals surface area contributed by atoms with E-state index < -0.39 is 5.92 Å². The lowest BCUT2D eigenvalue weighted by Crippen LogP contribution is -2.46. The van der Waals surface area contributed by atoms with Crippen molar-refractivity contribution >= 4 is 5.97 Å². The minimum absolute atomic E-state index is 0.0169. The molecule has 3 aliphatic rings. The number of hydrogen-bond acceptors (Lipinski definition) is 3. The summed E-state index contributed by atoms with van der Waals surface area (Å²) in [4.78, 5) is 14.1. The lowest BCUT2D eigenvalue weighted by atomic mass is 9.74. The van der Waals surface area contributed by atoms with Crippen LogP contribution in [0, 0.1) is 11.8 Å². The summed E-state index contributed by atoms with van der Waals surface area (Å²) in [6.45, 7) is 1.85. The fraction of sp³-hybridized carbons (Fsp3) is 0.615. The maximum absolute atomic E-state index is 13.2. The predicted molar refractivity (Wildman–Crippen MR) is 60.9 cm³/mol. The third-order valence-corrected chi connectivity index (χ3v) is 4.21. The molecule has 0 radical (unpaired) electrons. The van der Waals surface area contributed by atoms with Gasteiger partial charge in [-0.05, 0) is 19.2 Å². The Morgan fingerprint density at radius 3 is 2.88 bits per heavy atom. The minimum Gasteiger partial charge on any atom is -0.458 e. The van der Waals surface area contributed by atoms with Gasteiger partial charge in [0.05, 0.1) is 5.92 Å². The predicted octanol–water partition coefficient (Wildman–Crippen LogP) is 1.66. The van der Waals surface area contributed by atoms with Crippen LogP contribution in [0.4, 0.5) is 4.39 Å². The molecule has 0 aromatic heterocycles. The first kappa shape index (κ1) is 11.0. The first-order valence-corrected chi connectivity index (χ1v) is 6.08. The molecule has 92 valence electrons. The Balaban J connectivity index is 1.89. The summed E-state index contributed by atoms with van der Waals surface area (Å²) in [6.07, 6.45) is 6.37. The van der Waals surface area contributed by atoms with Crippen LogP contribution in [0.3, 0.4) is 0 Å². The molecule has 2 atom stereocenters. The van der Waals surface area contributed by atoms with E-state index in [4.69, 9.17) is 4.74 Å². The first-order chi connectivity index (χ1) is 8.11. The molecule has 0 N–H and O–H groups in total. The molecule has 1 aliphatic carbocycles. The second-order valence-corrected chi connectivity index (χ2v) is 5.25. The molecular weight excluding hydrogens is 221 g/mol. The Morgan fingerprint density at radius 2 is 2.18 bits per heavy atom. The highest BCUT2D eigenvalue weighted by molar-refractivity contribution is 5.79. The van der Waals surface area contributed by atoms with Crippen LogP contribution in [0.15, 0.2) is 24.1 Å². The molecule has 17 heavy (non-hydrogen) atoms. The van der Waals surface area contributed by atoms with E-state index in [2.05, 4.69) is 11.9 Å². The van der Waals surface area contributed by atoms with E-state index in [0.29, 0.717) is 0 Å². The van der Waals surface area contributed by atoms with Gasteiger partial charge in [-0.2, -0.15) is 0 Å². The molecule has 0 bridgehead atoms. The SMILES string of the molecule is CN1CCC2(CC1)OC(=O)C1C=C(F)C=CC12. The van der Waals surface area contributed by atoms with Crippen LogP contribution in [-0.4, -0.2) is 36.6 Å². The lowest BCUT2D eigenvalue weighted by molar-refractivity contribution is -0.153. The Hall–Kier alpha value is -1.16. The molecule has 0 aromatic carbocycles. The second-order valence-electron chi connectivity index (χ2n) is 5.25. The van der Waals surface area contributed by atoms with Crippen LogP contribution in [0.5, 0.6) is 0 Å². The third kappa shape index (κ3) is 1.62. The van der Waals surface area contributed by atoms with Crippen molar-refractivity contribution in [3.8, 4) is 0 Å². The van der Waals surface area contributed by atoms with Crippen LogP contribution in [0.25, 0.3) is 0 Å². The summed E-state index contributed by atoms with van der Waals surface area (Å²) in [5.74, 6) is -0.987. The molecule has 2 fully saturated rings. The van der Waals surface area contributed by atoms with Crippen LogP contribution < -0.4 is 0 Å². The third-order valence-electron chi connectivity index (χ3n) is 4.21. The first-order valence-electron chi connectivity index (χ1n) is 6.08. The van der Waals surface area contributed by atoms with E-state index in [1.54, 1.807) is 0 Å². The molecule has 0 amide bonds. The molecule has 2 aliphatic heterocycles. The van der Waals surface area contributed by atoms with Gasteiger partial charge >= 0.3 is 5.97 Å². The Bertz CT molecular complexity index is 408. The van der Waals surface area contributed by atoms with Crippen molar-refractivity contribution in [1.29, 1.82) is 0 Å². The number of esters is 1. The zero-order valence-electron chi connectivity index (χ0n) is 9.86. The van der Waals surface area contributed by atoms with E-state index in [1.165, 1.54) is 12.2 Å². The Morgan fingerprint density at radius 1 is 1.47 bits per heavy atom. The van der Waals surface area contributed by atoms with Crippen molar-refractivity contribution in [2.24, 2.45) is 11.8 Å². The van der Waals surface area contributed by atoms with Gasteiger partial charge in [0, 0.05) is 31.8 Å². The lowest BCUT2D eigenvalue weighted by Gasteiger charge is -2.40. The number of likely N-dealkylation sites (tertiary alicyclic amines) is 1. The normalized spacial score (nSPS) is 35.6. The van der Waals surface area contributed by atoms with E-state index >= 15 is 0 Å². The van der Waals surface area contributed by atoms with Gasteiger partial charge in [0.2, 0.25) is 0 Å². The van der Waals surface area contributed by atoms with Gasteiger partial charge in [0.15, 0.2) is 0 Å². The van der Waals surface area contributed by atoms with Crippen LogP contribution in [0.1, 0.15) is 12.8 Å². The topological polar surface area (TPSA) is 29.5 Å². The smallest absolute Gasteiger partial charge is 0.314 e. The maximum atomic E-state index is 13.2. The van der Waals surface area contributed by atoms with E-state index in [1.807, 2.05) is 6.08 Å². The highest BCUT2D eigenvalue weighted by Crippen LogP contribution is 2.47. The standard InChI is InChI=1S/C13H16FNO2/c1-15-6-4-13(5-7-15)11-3-2-9(14)8-10(11)12(16)17-13/h2-3,8,10-11H,4-7H2,1H3. The van der Waals surface area contributed by atoms with Gasteiger partial charge in [-0.1, -0.05) is 6.08 Å². The highest BCUT2D eigenvalue weighted by atomic mass is 19.1. The monoisotopic (exact) mass is 237 g/mol. The van der Waals surface area contributed by atoms with Crippen LogP contribution >= 0.6 is 0 Å². The van der Waals surface area contributed by atoms with Gasteiger partial charge < -0.3 is 9.64 Å². The molecular formula is C13H16FNO2. The Labute approximate surface area is 99.9 Å². The van der Waals surface area contributed by atoms with Crippen LogP contribution in [-0.2, 0) is 9.53 Å². The molecule has 0 aromatic rings. The quantitative estimate of drug-likeness (QED) is 0.600. The second kappa shape index (κ2) is 3.67.